The first-order valence-corrected chi connectivity index (χ1v) is 6.19. The predicted octanol–water partition coefficient (Wildman–Crippen LogP) is 2.77. The molecule has 1 aromatic rings. The number of ketones is 1. The van der Waals surface area contributed by atoms with E-state index in [2.05, 4.69) is 0 Å². The minimum atomic E-state index is -0.296. The van der Waals surface area contributed by atoms with E-state index < -0.39 is 0 Å². The van der Waals surface area contributed by atoms with E-state index in [9.17, 15) is 9.59 Å². The maximum Gasteiger partial charge on any atom is 0.313 e. The number of benzene rings is 1. The molecular formula is C15H16O3. The van der Waals surface area contributed by atoms with E-state index in [1.54, 1.807) is 24.3 Å². The van der Waals surface area contributed by atoms with Crippen molar-refractivity contribution in [3.05, 3.63) is 48.0 Å². The summed E-state index contributed by atoms with van der Waals surface area (Å²) < 4.78 is 5.06. The molecule has 1 atom stereocenters. The average molecular weight is 244 g/mol. The Morgan fingerprint density at radius 3 is 2.67 bits per heavy atom. The van der Waals surface area contributed by atoms with Crippen LogP contribution in [-0.2, 0) is 9.53 Å². The molecule has 0 bridgehead atoms. The Kier molecular flexibility index (Phi) is 4.29. The van der Waals surface area contributed by atoms with Crippen molar-refractivity contribution in [1.29, 1.82) is 0 Å². The second-order valence-electron chi connectivity index (χ2n) is 4.36. The first-order valence-electron chi connectivity index (χ1n) is 6.19. The second-order valence-corrected chi connectivity index (χ2v) is 4.36. The van der Waals surface area contributed by atoms with Crippen LogP contribution in [0.1, 0.15) is 29.6 Å². The number of rotatable bonds is 4. The van der Waals surface area contributed by atoms with Crippen LogP contribution in [0.3, 0.4) is 0 Å². The summed E-state index contributed by atoms with van der Waals surface area (Å²) in [6.45, 7) is -0.173. The van der Waals surface area contributed by atoms with Gasteiger partial charge in [0.15, 0.2) is 12.4 Å². The van der Waals surface area contributed by atoms with Crippen LogP contribution in [0.15, 0.2) is 42.5 Å². The predicted molar refractivity (Wildman–Crippen MR) is 68.2 cm³/mol. The van der Waals surface area contributed by atoms with Gasteiger partial charge in [0.25, 0.3) is 0 Å². The van der Waals surface area contributed by atoms with Gasteiger partial charge in [0, 0.05) is 5.56 Å². The van der Waals surface area contributed by atoms with Crippen LogP contribution in [0.25, 0.3) is 0 Å². The molecule has 3 nitrogen and oxygen atoms in total. The van der Waals surface area contributed by atoms with Crippen molar-refractivity contribution in [3.63, 3.8) is 0 Å². The quantitative estimate of drug-likeness (QED) is 0.464. The summed E-state index contributed by atoms with van der Waals surface area (Å²) in [6.07, 6.45) is 6.71. The third kappa shape index (κ3) is 3.29. The molecule has 0 heterocycles. The van der Waals surface area contributed by atoms with Crippen LogP contribution in [0, 0.1) is 5.92 Å². The molecule has 0 saturated carbocycles. The van der Waals surface area contributed by atoms with Gasteiger partial charge in [0.05, 0.1) is 5.92 Å². The first-order chi connectivity index (χ1) is 8.77. The number of Topliss-reactive ketones (excluding diaryl/α,β-unsaturated/α-hetero) is 1. The van der Waals surface area contributed by atoms with Gasteiger partial charge in [-0.2, -0.15) is 0 Å². The number of hydrogen-bond donors (Lipinski definition) is 0. The number of hydrogen-bond acceptors (Lipinski definition) is 3. The molecule has 1 aliphatic rings. The summed E-state index contributed by atoms with van der Waals surface area (Å²) in [7, 11) is 0. The van der Waals surface area contributed by atoms with Gasteiger partial charge in [-0.3, -0.25) is 9.59 Å². The molecule has 1 unspecified atom stereocenters. The zero-order chi connectivity index (χ0) is 12.8. The largest absolute Gasteiger partial charge is 0.457 e. The van der Waals surface area contributed by atoms with Crippen LogP contribution in [0.5, 0.6) is 0 Å². The molecule has 18 heavy (non-hydrogen) atoms. The Morgan fingerprint density at radius 2 is 2.00 bits per heavy atom. The van der Waals surface area contributed by atoms with Gasteiger partial charge in [-0.25, -0.2) is 0 Å². The van der Waals surface area contributed by atoms with Crippen LogP contribution in [0.4, 0.5) is 0 Å². The van der Waals surface area contributed by atoms with Crippen LogP contribution < -0.4 is 0 Å². The molecule has 94 valence electrons. The zero-order valence-electron chi connectivity index (χ0n) is 10.2. The second kappa shape index (κ2) is 6.15. The maximum absolute atomic E-state index is 11.7. The molecular weight excluding hydrogens is 228 g/mol. The van der Waals surface area contributed by atoms with Gasteiger partial charge in [0.2, 0.25) is 0 Å². The lowest BCUT2D eigenvalue weighted by Crippen LogP contribution is -2.21. The molecule has 0 aliphatic heterocycles. The molecule has 0 spiro atoms. The standard InChI is InChI=1S/C15H16O3/c16-14(12-7-3-1-4-8-12)11-18-15(17)13-9-5-2-6-10-13/h1,3-5,7-9,13H,2,6,10-11H2. The third-order valence-electron chi connectivity index (χ3n) is 3.00. The highest BCUT2D eigenvalue weighted by Gasteiger charge is 2.19. The molecule has 3 heteroatoms. The summed E-state index contributed by atoms with van der Waals surface area (Å²) in [4.78, 5) is 23.4. The molecule has 0 fully saturated rings. The van der Waals surface area contributed by atoms with E-state index in [-0.39, 0.29) is 24.3 Å². The van der Waals surface area contributed by atoms with Crippen molar-refractivity contribution in [1.82, 2.24) is 0 Å². The Morgan fingerprint density at radius 1 is 1.22 bits per heavy atom. The van der Waals surface area contributed by atoms with Crippen molar-refractivity contribution in [2.24, 2.45) is 5.92 Å². The van der Waals surface area contributed by atoms with Crippen molar-refractivity contribution < 1.29 is 14.3 Å². The monoisotopic (exact) mass is 244 g/mol. The smallest absolute Gasteiger partial charge is 0.313 e. The molecule has 1 aromatic carbocycles. The highest BCUT2D eigenvalue weighted by Crippen LogP contribution is 2.18. The van der Waals surface area contributed by atoms with Crippen molar-refractivity contribution >= 4 is 11.8 Å². The summed E-state index contributed by atoms with van der Waals surface area (Å²) in [5, 5.41) is 0. The minimum Gasteiger partial charge on any atom is -0.457 e. The Balaban J connectivity index is 1.84. The van der Waals surface area contributed by atoms with Crippen molar-refractivity contribution in [2.45, 2.75) is 19.3 Å². The highest BCUT2D eigenvalue weighted by molar-refractivity contribution is 5.98. The molecule has 0 N–H and O–H groups in total. The number of esters is 1. The topological polar surface area (TPSA) is 43.4 Å². The molecule has 0 saturated heterocycles. The fraction of sp³-hybridized carbons (Fsp3) is 0.333. The summed E-state index contributed by atoms with van der Waals surface area (Å²) >= 11 is 0. The number of carbonyl (C=O) groups is 2. The van der Waals surface area contributed by atoms with E-state index in [1.165, 1.54) is 0 Å². The van der Waals surface area contributed by atoms with Gasteiger partial charge in [0.1, 0.15) is 0 Å². The zero-order valence-corrected chi connectivity index (χ0v) is 10.2. The van der Waals surface area contributed by atoms with E-state index in [1.807, 2.05) is 18.2 Å². The van der Waals surface area contributed by atoms with Gasteiger partial charge in [-0.1, -0.05) is 42.5 Å². The van der Waals surface area contributed by atoms with E-state index >= 15 is 0 Å². The maximum atomic E-state index is 11.7. The molecule has 1 aliphatic carbocycles. The Labute approximate surface area is 106 Å². The lowest BCUT2D eigenvalue weighted by molar-refractivity contribution is -0.146. The van der Waals surface area contributed by atoms with Crippen molar-refractivity contribution in [2.75, 3.05) is 6.61 Å². The summed E-state index contributed by atoms with van der Waals surface area (Å²) in [6, 6.07) is 8.86. The van der Waals surface area contributed by atoms with Crippen molar-refractivity contribution in [3.8, 4) is 0 Å². The Hall–Kier alpha value is -1.90. The van der Waals surface area contributed by atoms with E-state index in [0.717, 1.165) is 19.3 Å². The van der Waals surface area contributed by atoms with Crippen LogP contribution in [0.2, 0.25) is 0 Å². The van der Waals surface area contributed by atoms with E-state index in [4.69, 9.17) is 4.74 Å². The Bertz CT molecular complexity index is 448. The number of carbonyl (C=O) groups excluding carboxylic acids is 2. The number of allylic oxidation sites excluding steroid dienone is 1. The fourth-order valence-electron chi connectivity index (χ4n) is 1.96. The minimum absolute atomic E-state index is 0.163. The van der Waals surface area contributed by atoms with Gasteiger partial charge >= 0.3 is 5.97 Å². The van der Waals surface area contributed by atoms with Gasteiger partial charge in [-0.05, 0) is 19.3 Å². The van der Waals surface area contributed by atoms with Gasteiger partial charge < -0.3 is 4.74 Å². The lowest BCUT2D eigenvalue weighted by atomic mass is 9.96. The SMILES string of the molecule is O=C(COC(=O)C1C=CCCC1)c1ccccc1. The summed E-state index contributed by atoms with van der Waals surface area (Å²) in [5.74, 6) is -0.638. The van der Waals surface area contributed by atoms with E-state index in [0.29, 0.717) is 5.56 Å². The molecule has 0 radical (unpaired) electrons. The highest BCUT2D eigenvalue weighted by atomic mass is 16.5. The van der Waals surface area contributed by atoms with Crippen LogP contribution >= 0.6 is 0 Å². The summed E-state index contributed by atoms with van der Waals surface area (Å²) in [5.41, 5.74) is 0.574. The fourth-order valence-corrected chi connectivity index (χ4v) is 1.96. The molecule has 0 aromatic heterocycles. The lowest BCUT2D eigenvalue weighted by Gasteiger charge is -2.14. The first kappa shape index (κ1) is 12.6. The normalized spacial score (nSPS) is 18.3. The average Bonchev–Trinajstić information content (AvgIpc) is 2.46. The van der Waals surface area contributed by atoms with Gasteiger partial charge in [-0.15, -0.1) is 0 Å². The number of ether oxygens (including phenoxy) is 1. The third-order valence-corrected chi connectivity index (χ3v) is 3.00. The molecule has 2 rings (SSSR count). The molecule has 0 amide bonds. The van der Waals surface area contributed by atoms with Crippen LogP contribution in [-0.4, -0.2) is 18.4 Å².